The van der Waals surface area contributed by atoms with Gasteiger partial charge < -0.3 is 14.9 Å². The highest BCUT2D eigenvalue weighted by molar-refractivity contribution is 5.39. The van der Waals surface area contributed by atoms with Gasteiger partial charge in [0.15, 0.2) is 0 Å². The standard InChI is InChI=1S/C15H24O3/c1-3-4-5-6-13(16)9-7-12-8-10-14(18-2)11-15(12)17/h8,10-11,13,16-17H,3-7,9H2,1-2H3. The normalized spacial score (nSPS) is 12.4. The summed E-state index contributed by atoms with van der Waals surface area (Å²) in [6.07, 6.45) is 5.40. The number of aromatic hydroxyl groups is 1. The Hall–Kier alpha value is -1.22. The molecule has 0 fully saturated rings. The maximum absolute atomic E-state index is 9.82. The van der Waals surface area contributed by atoms with Crippen LogP contribution in [0.25, 0.3) is 0 Å². The van der Waals surface area contributed by atoms with Crippen molar-refractivity contribution in [3.05, 3.63) is 23.8 Å². The Bertz CT molecular complexity index is 350. The van der Waals surface area contributed by atoms with Gasteiger partial charge in [-0.2, -0.15) is 0 Å². The molecule has 0 aliphatic carbocycles. The molecule has 0 saturated heterocycles. The molecule has 1 unspecified atom stereocenters. The molecule has 1 aromatic carbocycles. The van der Waals surface area contributed by atoms with Crippen molar-refractivity contribution in [3.63, 3.8) is 0 Å². The number of hydrogen-bond acceptors (Lipinski definition) is 3. The number of aliphatic hydroxyl groups excluding tert-OH is 1. The fourth-order valence-corrected chi connectivity index (χ4v) is 1.98. The van der Waals surface area contributed by atoms with E-state index in [-0.39, 0.29) is 11.9 Å². The van der Waals surface area contributed by atoms with Crippen LogP contribution in [0.5, 0.6) is 11.5 Å². The monoisotopic (exact) mass is 252 g/mol. The molecule has 3 heteroatoms. The van der Waals surface area contributed by atoms with Crippen molar-refractivity contribution in [1.29, 1.82) is 0 Å². The minimum atomic E-state index is -0.266. The van der Waals surface area contributed by atoms with Crippen molar-refractivity contribution >= 4 is 0 Å². The predicted molar refractivity (Wildman–Crippen MR) is 73.1 cm³/mol. The van der Waals surface area contributed by atoms with Crippen LogP contribution in [0.15, 0.2) is 18.2 Å². The van der Waals surface area contributed by atoms with Crippen molar-refractivity contribution in [1.82, 2.24) is 0 Å². The summed E-state index contributed by atoms with van der Waals surface area (Å²) in [6, 6.07) is 5.30. The van der Waals surface area contributed by atoms with Gasteiger partial charge >= 0.3 is 0 Å². The molecule has 0 heterocycles. The van der Waals surface area contributed by atoms with Crippen LogP contribution in [-0.2, 0) is 6.42 Å². The summed E-state index contributed by atoms with van der Waals surface area (Å²) in [5, 5.41) is 19.6. The third-order valence-electron chi connectivity index (χ3n) is 3.18. The maximum atomic E-state index is 9.82. The highest BCUT2D eigenvalue weighted by Crippen LogP contribution is 2.25. The number of hydrogen-bond donors (Lipinski definition) is 2. The summed E-state index contributed by atoms with van der Waals surface area (Å²) in [4.78, 5) is 0. The minimum Gasteiger partial charge on any atom is -0.508 e. The second-order valence-electron chi connectivity index (χ2n) is 4.68. The van der Waals surface area contributed by atoms with Gasteiger partial charge in [0.2, 0.25) is 0 Å². The lowest BCUT2D eigenvalue weighted by atomic mass is 10.0. The van der Waals surface area contributed by atoms with Crippen LogP contribution < -0.4 is 4.74 Å². The lowest BCUT2D eigenvalue weighted by molar-refractivity contribution is 0.151. The lowest BCUT2D eigenvalue weighted by Gasteiger charge is -2.11. The first-order valence-electron chi connectivity index (χ1n) is 6.71. The molecule has 3 nitrogen and oxygen atoms in total. The number of aryl methyl sites for hydroxylation is 1. The number of benzene rings is 1. The number of rotatable bonds is 8. The Labute approximate surface area is 109 Å². The van der Waals surface area contributed by atoms with Crippen molar-refractivity contribution in [2.75, 3.05) is 7.11 Å². The molecular weight excluding hydrogens is 228 g/mol. The van der Waals surface area contributed by atoms with Crippen LogP contribution in [0.3, 0.4) is 0 Å². The third-order valence-corrected chi connectivity index (χ3v) is 3.18. The zero-order valence-electron chi connectivity index (χ0n) is 11.4. The van der Waals surface area contributed by atoms with Crippen molar-refractivity contribution in [2.45, 2.75) is 51.6 Å². The molecule has 0 aromatic heterocycles. The molecule has 0 saturated carbocycles. The molecule has 1 rings (SSSR count). The molecule has 0 bridgehead atoms. The Morgan fingerprint density at radius 3 is 2.61 bits per heavy atom. The van der Waals surface area contributed by atoms with Crippen LogP contribution in [0.4, 0.5) is 0 Å². The molecule has 2 N–H and O–H groups in total. The summed E-state index contributed by atoms with van der Waals surface area (Å²) in [5.41, 5.74) is 0.866. The van der Waals surface area contributed by atoms with E-state index in [9.17, 15) is 10.2 Å². The van der Waals surface area contributed by atoms with E-state index in [0.717, 1.165) is 18.4 Å². The molecule has 0 aliphatic heterocycles. The Morgan fingerprint density at radius 1 is 1.22 bits per heavy atom. The summed E-state index contributed by atoms with van der Waals surface area (Å²) in [6.45, 7) is 2.15. The number of aliphatic hydroxyl groups is 1. The maximum Gasteiger partial charge on any atom is 0.122 e. The highest BCUT2D eigenvalue weighted by atomic mass is 16.5. The van der Waals surface area contributed by atoms with Crippen molar-refractivity contribution < 1.29 is 14.9 Å². The van der Waals surface area contributed by atoms with E-state index >= 15 is 0 Å². The Kier molecular flexibility index (Phi) is 6.58. The molecule has 0 spiro atoms. The van der Waals surface area contributed by atoms with Crippen molar-refractivity contribution in [2.24, 2.45) is 0 Å². The zero-order valence-corrected chi connectivity index (χ0v) is 11.4. The SMILES string of the molecule is CCCCCC(O)CCc1ccc(OC)cc1O. The van der Waals surface area contributed by atoms with Gasteiger partial charge in [-0.05, 0) is 30.9 Å². The largest absolute Gasteiger partial charge is 0.508 e. The van der Waals surface area contributed by atoms with E-state index in [1.807, 2.05) is 12.1 Å². The number of phenolic OH excluding ortho intramolecular Hbond substituents is 1. The van der Waals surface area contributed by atoms with Crippen LogP contribution in [-0.4, -0.2) is 23.4 Å². The summed E-state index contributed by atoms with van der Waals surface area (Å²) < 4.78 is 5.03. The lowest BCUT2D eigenvalue weighted by Crippen LogP contribution is -2.07. The van der Waals surface area contributed by atoms with Gasteiger partial charge in [-0.25, -0.2) is 0 Å². The molecule has 0 amide bonds. The molecule has 1 atom stereocenters. The summed E-state index contributed by atoms with van der Waals surface area (Å²) >= 11 is 0. The minimum absolute atomic E-state index is 0.245. The van der Waals surface area contributed by atoms with E-state index in [2.05, 4.69) is 6.92 Å². The van der Waals surface area contributed by atoms with Crippen LogP contribution >= 0.6 is 0 Å². The molecule has 18 heavy (non-hydrogen) atoms. The third kappa shape index (κ3) is 4.96. The smallest absolute Gasteiger partial charge is 0.122 e. The first kappa shape index (κ1) is 14.8. The Balaban J connectivity index is 2.38. The number of methoxy groups -OCH3 is 1. The van der Waals surface area contributed by atoms with Crippen LogP contribution in [0.2, 0.25) is 0 Å². The first-order chi connectivity index (χ1) is 8.67. The van der Waals surface area contributed by atoms with E-state index in [0.29, 0.717) is 18.6 Å². The number of ether oxygens (including phenoxy) is 1. The summed E-state index contributed by atoms with van der Waals surface area (Å²) in [5.74, 6) is 0.898. The van der Waals surface area contributed by atoms with Crippen LogP contribution in [0, 0.1) is 0 Å². The van der Waals surface area contributed by atoms with Crippen LogP contribution in [0.1, 0.15) is 44.6 Å². The van der Waals surface area contributed by atoms with Gasteiger partial charge in [-0.3, -0.25) is 0 Å². The van der Waals surface area contributed by atoms with Gasteiger partial charge in [0.05, 0.1) is 13.2 Å². The fourth-order valence-electron chi connectivity index (χ4n) is 1.98. The highest BCUT2D eigenvalue weighted by Gasteiger charge is 2.07. The second kappa shape index (κ2) is 7.98. The molecule has 1 aromatic rings. The van der Waals surface area contributed by atoms with Gasteiger partial charge in [-0.1, -0.05) is 32.3 Å². The predicted octanol–water partition coefficient (Wildman–Crippen LogP) is 3.27. The van der Waals surface area contributed by atoms with Gasteiger partial charge in [-0.15, -0.1) is 0 Å². The van der Waals surface area contributed by atoms with Gasteiger partial charge in [0, 0.05) is 6.07 Å². The van der Waals surface area contributed by atoms with Crippen molar-refractivity contribution in [3.8, 4) is 11.5 Å². The number of phenols is 1. The van der Waals surface area contributed by atoms with E-state index < -0.39 is 0 Å². The summed E-state index contributed by atoms with van der Waals surface area (Å²) in [7, 11) is 1.58. The van der Waals surface area contributed by atoms with Gasteiger partial charge in [0.1, 0.15) is 11.5 Å². The zero-order chi connectivity index (χ0) is 13.4. The van der Waals surface area contributed by atoms with E-state index in [1.54, 1.807) is 13.2 Å². The fraction of sp³-hybridized carbons (Fsp3) is 0.600. The van der Waals surface area contributed by atoms with Gasteiger partial charge in [0.25, 0.3) is 0 Å². The Morgan fingerprint density at radius 2 is 2.00 bits per heavy atom. The number of unbranched alkanes of at least 4 members (excludes halogenated alkanes) is 2. The average Bonchev–Trinajstić information content (AvgIpc) is 2.37. The molecule has 0 radical (unpaired) electrons. The first-order valence-corrected chi connectivity index (χ1v) is 6.71. The van der Waals surface area contributed by atoms with E-state index in [4.69, 9.17) is 4.74 Å². The average molecular weight is 252 g/mol. The molecule has 102 valence electrons. The molecular formula is C15H24O3. The van der Waals surface area contributed by atoms with E-state index in [1.165, 1.54) is 12.8 Å². The second-order valence-corrected chi connectivity index (χ2v) is 4.68. The molecule has 0 aliphatic rings. The quantitative estimate of drug-likeness (QED) is 0.698. The topological polar surface area (TPSA) is 49.7 Å².